The van der Waals surface area contributed by atoms with Crippen molar-refractivity contribution in [2.75, 3.05) is 5.73 Å². The molecule has 0 bridgehead atoms. The van der Waals surface area contributed by atoms with Crippen molar-refractivity contribution in [2.45, 2.75) is 20.5 Å². The van der Waals surface area contributed by atoms with Crippen molar-refractivity contribution >= 4 is 39.0 Å². The maximum atomic E-state index is 6.15. The van der Waals surface area contributed by atoms with Crippen LogP contribution in [0.5, 0.6) is 5.75 Å². The zero-order valence-electron chi connectivity index (χ0n) is 11.7. The van der Waals surface area contributed by atoms with Crippen molar-refractivity contribution in [3.05, 3.63) is 45.6 Å². The fraction of sp³-hybridized carbons (Fsp3) is 0.200. The number of anilines is 1. The molecule has 2 aromatic heterocycles. The van der Waals surface area contributed by atoms with E-state index < -0.39 is 0 Å². The number of aryl methyl sites for hydroxylation is 2. The van der Waals surface area contributed by atoms with Gasteiger partial charge in [-0.3, -0.25) is 0 Å². The molecule has 21 heavy (non-hydrogen) atoms. The third kappa shape index (κ3) is 2.80. The molecule has 6 heteroatoms. The van der Waals surface area contributed by atoms with Crippen molar-refractivity contribution in [3.63, 3.8) is 0 Å². The first-order valence-electron chi connectivity index (χ1n) is 6.43. The number of nitrogens with two attached hydrogens (primary N) is 1. The molecule has 0 aliphatic rings. The second kappa shape index (κ2) is 5.50. The molecule has 0 saturated heterocycles. The molecule has 0 aliphatic carbocycles. The molecule has 0 atom stereocenters. The Hall–Kier alpha value is -1.85. The van der Waals surface area contributed by atoms with Crippen LogP contribution < -0.4 is 10.5 Å². The summed E-state index contributed by atoms with van der Waals surface area (Å²) in [6, 6.07) is 5.73. The minimum atomic E-state index is 0.276. The minimum absolute atomic E-state index is 0.276. The Morgan fingerprint density at radius 3 is 2.67 bits per heavy atom. The van der Waals surface area contributed by atoms with Crippen LogP contribution in [-0.4, -0.2) is 9.97 Å². The van der Waals surface area contributed by atoms with E-state index >= 15 is 0 Å². The first-order valence-corrected chi connectivity index (χ1v) is 7.69. The van der Waals surface area contributed by atoms with E-state index in [1.165, 1.54) is 0 Å². The minimum Gasteiger partial charge on any atom is -0.486 e. The summed E-state index contributed by atoms with van der Waals surface area (Å²) < 4.78 is 5.75. The summed E-state index contributed by atoms with van der Waals surface area (Å²) in [6.45, 7) is 4.18. The van der Waals surface area contributed by atoms with Crippen LogP contribution >= 0.6 is 22.9 Å². The SMILES string of the molecule is Cc1cc(OCc2nc(N)c3ccsc3n2)cc(C)c1Cl. The molecule has 2 heterocycles. The summed E-state index contributed by atoms with van der Waals surface area (Å²) in [5.41, 5.74) is 7.89. The van der Waals surface area contributed by atoms with E-state index in [-0.39, 0.29) is 6.61 Å². The van der Waals surface area contributed by atoms with Crippen LogP contribution in [0, 0.1) is 13.8 Å². The smallest absolute Gasteiger partial charge is 0.169 e. The van der Waals surface area contributed by atoms with Gasteiger partial charge in [-0.05, 0) is 48.6 Å². The molecule has 4 nitrogen and oxygen atoms in total. The number of nitrogen functional groups attached to an aromatic ring is 1. The Morgan fingerprint density at radius 1 is 1.24 bits per heavy atom. The monoisotopic (exact) mass is 319 g/mol. The Morgan fingerprint density at radius 2 is 1.95 bits per heavy atom. The molecule has 0 unspecified atom stereocenters. The number of nitrogens with zero attached hydrogens (tertiary/aromatic N) is 2. The second-order valence-electron chi connectivity index (χ2n) is 4.82. The van der Waals surface area contributed by atoms with Crippen LogP contribution in [0.4, 0.5) is 5.82 Å². The number of rotatable bonds is 3. The fourth-order valence-corrected chi connectivity index (χ4v) is 3.03. The highest BCUT2D eigenvalue weighted by atomic mass is 35.5. The van der Waals surface area contributed by atoms with Gasteiger partial charge < -0.3 is 10.5 Å². The largest absolute Gasteiger partial charge is 0.486 e. The van der Waals surface area contributed by atoms with Gasteiger partial charge in [0.1, 0.15) is 23.0 Å². The van der Waals surface area contributed by atoms with Gasteiger partial charge in [0.05, 0.1) is 5.39 Å². The Bertz CT molecular complexity index is 793. The van der Waals surface area contributed by atoms with Crippen molar-refractivity contribution in [2.24, 2.45) is 0 Å². The molecule has 1 aromatic carbocycles. The maximum absolute atomic E-state index is 6.15. The van der Waals surface area contributed by atoms with E-state index in [9.17, 15) is 0 Å². The Kier molecular flexibility index (Phi) is 3.69. The lowest BCUT2D eigenvalue weighted by Crippen LogP contribution is -2.04. The van der Waals surface area contributed by atoms with Crippen LogP contribution in [-0.2, 0) is 6.61 Å². The quantitative estimate of drug-likeness (QED) is 0.788. The third-order valence-electron chi connectivity index (χ3n) is 3.18. The van der Waals surface area contributed by atoms with E-state index in [1.54, 1.807) is 11.3 Å². The lowest BCUT2D eigenvalue weighted by Gasteiger charge is -2.09. The van der Waals surface area contributed by atoms with E-state index in [0.717, 1.165) is 32.1 Å². The number of thiophene rings is 1. The number of ether oxygens (including phenoxy) is 1. The molecule has 0 spiro atoms. The van der Waals surface area contributed by atoms with Gasteiger partial charge in [-0.2, -0.15) is 0 Å². The molecule has 0 fully saturated rings. The first-order chi connectivity index (χ1) is 10.0. The standard InChI is InChI=1S/C15H14ClN3OS/c1-8-5-10(6-9(2)13(8)16)20-7-12-18-14(17)11-3-4-21-15(11)19-12/h3-6H,7H2,1-2H3,(H2,17,18,19). The van der Waals surface area contributed by atoms with Crippen molar-refractivity contribution < 1.29 is 4.74 Å². The van der Waals surface area contributed by atoms with Gasteiger partial charge in [0.15, 0.2) is 5.82 Å². The van der Waals surface area contributed by atoms with E-state index in [0.29, 0.717) is 11.6 Å². The van der Waals surface area contributed by atoms with Crippen LogP contribution in [0.25, 0.3) is 10.2 Å². The summed E-state index contributed by atoms with van der Waals surface area (Å²) in [4.78, 5) is 9.60. The fourth-order valence-electron chi connectivity index (χ4n) is 2.13. The number of hydrogen-bond acceptors (Lipinski definition) is 5. The highest BCUT2D eigenvalue weighted by Crippen LogP contribution is 2.27. The predicted octanol–water partition coefficient (Wildman–Crippen LogP) is 4.12. The van der Waals surface area contributed by atoms with Gasteiger partial charge in [-0.1, -0.05) is 11.6 Å². The lowest BCUT2D eigenvalue weighted by molar-refractivity contribution is 0.296. The zero-order chi connectivity index (χ0) is 15.0. The summed E-state index contributed by atoms with van der Waals surface area (Å²) >= 11 is 7.69. The summed E-state index contributed by atoms with van der Waals surface area (Å²) in [6.07, 6.45) is 0. The molecule has 0 aliphatic heterocycles. The molecule has 0 radical (unpaired) electrons. The number of fused-ring (bicyclic) bond motifs is 1. The van der Waals surface area contributed by atoms with Gasteiger partial charge in [-0.15, -0.1) is 11.3 Å². The number of halogens is 1. The number of benzene rings is 1. The highest BCUT2D eigenvalue weighted by Gasteiger charge is 2.08. The van der Waals surface area contributed by atoms with Gasteiger partial charge >= 0.3 is 0 Å². The second-order valence-corrected chi connectivity index (χ2v) is 6.10. The Labute approximate surface area is 131 Å². The van der Waals surface area contributed by atoms with E-state index in [4.69, 9.17) is 22.1 Å². The summed E-state index contributed by atoms with van der Waals surface area (Å²) in [5, 5.41) is 3.61. The summed E-state index contributed by atoms with van der Waals surface area (Å²) in [7, 11) is 0. The average molecular weight is 320 g/mol. The van der Waals surface area contributed by atoms with E-state index in [2.05, 4.69) is 9.97 Å². The maximum Gasteiger partial charge on any atom is 0.169 e. The number of aromatic nitrogens is 2. The summed E-state index contributed by atoms with van der Waals surface area (Å²) in [5.74, 6) is 1.82. The molecular formula is C15H14ClN3OS. The molecule has 2 N–H and O–H groups in total. The number of hydrogen-bond donors (Lipinski definition) is 1. The molecule has 3 rings (SSSR count). The molecular weight excluding hydrogens is 306 g/mol. The van der Waals surface area contributed by atoms with Gasteiger partial charge in [0, 0.05) is 5.02 Å². The molecule has 0 amide bonds. The van der Waals surface area contributed by atoms with Crippen molar-refractivity contribution in [1.29, 1.82) is 0 Å². The van der Waals surface area contributed by atoms with Gasteiger partial charge in [0.2, 0.25) is 0 Å². The van der Waals surface area contributed by atoms with Crippen LogP contribution in [0.3, 0.4) is 0 Å². The van der Waals surface area contributed by atoms with Crippen molar-refractivity contribution in [1.82, 2.24) is 9.97 Å². The van der Waals surface area contributed by atoms with Crippen LogP contribution in [0.1, 0.15) is 17.0 Å². The van der Waals surface area contributed by atoms with Gasteiger partial charge in [0.25, 0.3) is 0 Å². The highest BCUT2D eigenvalue weighted by molar-refractivity contribution is 7.16. The lowest BCUT2D eigenvalue weighted by atomic mass is 10.1. The van der Waals surface area contributed by atoms with Crippen molar-refractivity contribution in [3.8, 4) is 5.75 Å². The first kappa shape index (κ1) is 14.1. The topological polar surface area (TPSA) is 61.0 Å². The normalized spacial score (nSPS) is 11.0. The molecule has 108 valence electrons. The Balaban J connectivity index is 1.83. The molecule has 3 aromatic rings. The zero-order valence-corrected chi connectivity index (χ0v) is 13.3. The predicted molar refractivity (Wildman–Crippen MR) is 87.1 cm³/mol. The third-order valence-corrected chi connectivity index (χ3v) is 4.58. The van der Waals surface area contributed by atoms with Gasteiger partial charge in [-0.25, -0.2) is 9.97 Å². The molecule has 0 saturated carbocycles. The van der Waals surface area contributed by atoms with Crippen LogP contribution in [0.15, 0.2) is 23.6 Å². The average Bonchev–Trinajstić information content (AvgIpc) is 2.91. The van der Waals surface area contributed by atoms with Crippen LogP contribution in [0.2, 0.25) is 5.02 Å². The van der Waals surface area contributed by atoms with E-state index in [1.807, 2.05) is 37.4 Å².